The lowest BCUT2D eigenvalue weighted by molar-refractivity contribution is -0.145. The number of likely N-dealkylation sites (N-methyl/N-ethyl adjacent to an activating group) is 1. The monoisotopic (exact) mass is 285 g/mol. The van der Waals surface area contributed by atoms with E-state index >= 15 is 0 Å². The van der Waals surface area contributed by atoms with Crippen LogP contribution in [0.4, 0.5) is 0 Å². The average Bonchev–Trinajstić information content (AvgIpc) is 2.39. The third kappa shape index (κ3) is 5.88. The molecule has 0 spiro atoms. The second-order valence-electron chi connectivity index (χ2n) is 5.85. The van der Waals surface area contributed by atoms with Crippen LogP contribution in [0, 0.1) is 5.92 Å². The van der Waals surface area contributed by atoms with E-state index in [2.05, 4.69) is 22.2 Å². The number of hydrogen-bond donors (Lipinski definition) is 1. The first-order valence-corrected chi connectivity index (χ1v) is 7.20. The lowest BCUT2D eigenvalue weighted by Gasteiger charge is -2.32. The van der Waals surface area contributed by atoms with Crippen molar-refractivity contribution >= 4 is 11.9 Å². The van der Waals surface area contributed by atoms with E-state index in [1.54, 1.807) is 0 Å². The second kappa shape index (κ2) is 8.21. The molecule has 0 aromatic rings. The lowest BCUT2D eigenvalue weighted by atomic mass is 10.0. The summed E-state index contributed by atoms with van der Waals surface area (Å²) in [5.41, 5.74) is 0. The number of methoxy groups -OCH3 is 1. The van der Waals surface area contributed by atoms with E-state index in [0.717, 1.165) is 26.2 Å². The van der Waals surface area contributed by atoms with Gasteiger partial charge in [-0.15, -0.1) is 0 Å². The number of amides is 1. The third-order valence-electron chi connectivity index (χ3n) is 3.49. The van der Waals surface area contributed by atoms with Crippen LogP contribution < -0.4 is 5.32 Å². The predicted molar refractivity (Wildman–Crippen MR) is 77.3 cm³/mol. The lowest BCUT2D eigenvalue weighted by Crippen LogP contribution is -2.51. The molecule has 1 fully saturated rings. The first-order valence-electron chi connectivity index (χ1n) is 7.20. The third-order valence-corrected chi connectivity index (χ3v) is 3.49. The van der Waals surface area contributed by atoms with Crippen LogP contribution in [0.5, 0.6) is 0 Å². The molecule has 1 aliphatic rings. The summed E-state index contributed by atoms with van der Waals surface area (Å²) >= 11 is 0. The summed E-state index contributed by atoms with van der Waals surface area (Å²) in [7, 11) is 3.43. The molecule has 0 radical (unpaired) electrons. The van der Waals surface area contributed by atoms with Gasteiger partial charge in [0.2, 0.25) is 5.91 Å². The number of esters is 1. The fourth-order valence-electron chi connectivity index (χ4n) is 2.28. The van der Waals surface area contributed by atoms with Crippen molar-refractivity contribution in [1.29, 1.82) is 0 Å². The number of nitrogens with zero attached hydrogens (tertiary/aromatic N) is 2. The van der Waals surface area contributed by atoms with Crippen LogP contribution >= 0.6 is 0 Å². The molecular formula is C14H27N3O3. The Hall–Kier alpha value is -1.14. The van der Waals surface area contributed by atoms with Crippen molar-refractivity contribution in [2.24, 2.45) is 5.92 Å². The SMILES string of the molecule is COC(=O)[C@H](CC(C)C)NC(=O)CN1CCN(C)CC1. The summed E-state index contributed by atoms with van der Waals surface area (Å²) in [4.78, 5) is 28.0. The van der Waals surface area contributed by atoms with Gasteiger partial charge in [0.25, 0.3) is 0 Å². The highest BCUT2D eigenvalue weighted by Gasteiger charge is 2.24. The molecule has 0 aromatic heterocycles. The maximum atomic E-state index is 12.0. The van der Waals surface area contributed by atoms with Crippen molar-refractivity contribution < 1.29 is 14.3 Å². The maximum Gasteiger partial charge on any atom is 0.328 e. The van der Waals surface area contributed by atoms with E-state index in [0.29, 0.717) is 18.9 Å². The molecule has 1 rings (SSSR count). The number of ether oxygens (including phenoxy) is 1. The Morgan fingerprint density at radius 3 is 2.30 bits per heavy atom. The number of rotatable bonds is 6. The highest BCUT2D eigenvalue weighted by atomic mass is 16.5. The fourth-order valence-corrected chi connectivity index (χ4v) is 2.28. The van der Waals surface area contributed by atoms with E-state index in [1.165, 1.54) is 7.11 Å². The summed E-state index contributed by atoms with van der Waals surface area (Å²) in [5.74, 6) is -0.154. The minimum Gasteiger partial charge on any atom is -0.467 e. The molecule has 0 unspecified atom stereocenters. The zero-order valence-corrected chi connectivity index (χ0v) is 13.0. The van der Waals surface area contributed by atoms with E-state index < -0.39 is 6.04 Å². The highest BCUT2D eigenvalue weighted by Crippen LogP contribution is 2.06. The van der Waals surface area contributed by atoms with Crippen LogP contribution in [0.15, 0.2) is 0 Å². The Labute approximate surface area is 121 Å². The smallest absolute Gasteiger partial charge is 0.328 e. The van der Waals surface area contributed by atoms with Crippen molar-refractivity contribution in [3.05, 3.63) is 0 Å². The molecule has 20 heavy (non-hydrogen) atoms. The molecular weight excluding hydrogens is 258 g/mol. The molecule has 1 N–H and O–H groups in total. The Kier molecular flexibility index (Phi) is 6.95. The Balaban J connectivity index is 2.43. The molecule has 1 atom stereocenters. The molecule has 0 aromatic carbocycles. The molecule has 1 saturated heterocycles. The van der Waals surface area contributed by atoms with Gasteiger partial charge >= 0.3 is 5.97 Å². The molecule has 0 aliphatic carbocycles. The highest BCUT2D eigenvalue weighted by molar-refractivity contribution is 5.85. The number of carbonyl (C=O) groups is 2. The second-order valence-corrected chi connectivity index (χ2v) is 5.85. The van der Waals surface area contributed by atoms with Gasteiger partial charge in [-0.1, -0.05) is 13.8 Å². The summed E-state index contributed by atoms with van der Waals surface area (Å²) in [6.45, 7) is 8.10. The summed E-state index contributed by atoms with van der Waals surface area (Å²) in [5, 5.41) is 2.79. The van der Waals surface area contributed by atoms with Crippen molar-refractivity contribution in [3.63, 3.8) is 0 Å². The van der Waals surface area contributed by atoms with Gasteiger partial charge in [-0.25, -0.2) is 4.79 Å². The van der Waals surface area contributed by atoms with Crippen molar-refractivity contribution in [1.82, 2.24) is 15.1 Å². The normalized spacial score (nSPS) is 18.9. The van der Waals surface area contributed by atoms with Gasteiger partial charge in [-0.2, -0.15) is 0 Å². The molecule has 1 aliphatic heterocycles. The van der Waals surface area contributed by atoms with Gasteiger partial charge in [-0.05, 0) is 19.4 Å². The average molecular weight is 285 g/mol. The van der Waals surface area contributed by atoms with Crippen LogP contribution in [-0.2, 0) is 14.3 Å². The van der Waals surface area contributed by atoms with E-state index in [-0.39, 0.29) is 11.9 Å². The molecule has 1 heterocycles. The van der Waals surface area contributed by atoms with E-state index in [9.17, 15) is 9.59 Å². The molecule has 1 amide bonds. The molecule has 0 saturated carbocycles. The zero-order valence-electron chi connectivity index (χ0n) is 13.0. The van der Waals surface area contributed by atoms with Crippen LogP contribution in [0.1, 0.15) is 20.3 Å². The van der Waals surface area contributed by atoms with Crippen LogP contribution in [0.3, 0.4) is 0 Å². The number of carbonyl (C=O) groups excluding carboxylic acids is 2. The fraction of sp³-hybridized carbons (Fsp3) is 0.857. The quantitative estimate of drug-likeness (QED) is 0.693. The molecule has 0 bridgehead atoms. The number of nitrogens with one attached hydrogen (secondary N) is 1. The number of hydrogen-bond acceptors (Lipinski definition) is 5. The van der Waals surface area contributed by atoms with Gasteiger partial charge < -0.3 is 15.0 Å². The van der Waals surface area contributed by atoms with Gasteiger partial charge in [0.1, 0.15) is 6.04 Å². The van der Waals surface area contributed by atoms with Crippen LogP contribution in [0.2, 0.25) is 0 Å². The first-order chi connectivity index (χ1) is 9.42. The van der Waals surface area contributed by atoms with Crippen LogP contribution in [0.25, 0.3) is 0 Å². The van der Waals surface area contributed by atoms with Gasteiger partial charge in [0.15, 0.2) is 0 Å². The maximum absolute atomic E-state index is 12.0. The largest absolute Gasteiger partial charge is 0.467 e. The summed E-state index contributed by atoms with van der Waals surface area (Å²) in [6.07, 6.45) is 0.598. The van der Waals surface area contributed by atoms with Crippen molar-refractivity contribution in [2.45, 2.75) is 26.3 Å². The topological polar surface area (TPSA) is 61.9 Å². The minimum atomic E-state index is -0.542. The van der Waals surface area contributed by atoms with Gasteiger partial charge in [0.05, 0.1) is 13.7 Å². The predicted octanol–water partition coefficient (Wildman–Crippen LogP) is -0.0623. The minimum absolute atomic E-state index is 0.106. The Bertz CT molecular complexity index is 326. The summed E-state index contributed by atoms with van der Waals surface area (Å²) in [6, 6.07) is -0.542. The standard InChI is InChI=1S/C14H27N3O3/c1-11(2)9-12(14(19)20-4)15-13(18)10-17-7-5-16(3)6-8-17/h11-12H,5-10H2,1-4H3,(H,15,18)/t12-/m0/s1. The molecule has 116 valence electrons. The van der Waals surface area contributed by atoms with Crippen molar-refractivity contribution in [3.8, 4) is 0 Å². The number of piperazine rings is 1. The van der Waals surface area contributed by atoms with Gasteiger partial charge in [-0.3, -0.25) is 9.69 Å². The summed E-state index contributed by atoms with van der Waals surface area (Å²) < 4.78 is 4.74. The van der Waals surface area contributed by atoms with Crippen LogP contribution in [-0.4, -0.2) is 74.6 Å². The Morgan fingerprint density at radius 2 is 1.80 bits per heavy atom. The zero-order chi connectivity index (χ0) is 15.1. The molecule has 6 nitrogen and oxygen atoms in total. The first kappa shape index (κ1) is 16.9. The van der Waals surface area contributed by atoms with E-state index in [4.69, 9.17) is 4.74 Å². The van der Waals surface area contributed by atoms with Crippen molar-refractivity contribution in [2.75, 3.05) is 46.9 Å². The molecule has 6 heteroatoms. The van der Waals surface area contributed by atoms with E-state index in [1.807, 2.05) is 13.8 Å². The van der Waals surface area contributed by atoms with Gasteiger partial charge in [0, 0.05) is 26.2 Å². The Morgan fingerprint density at radius 1 is 1.20 bits per heavy atom.